The lowest BCUT2D eigenvalue weighted by molar-refractivity contribution is -0.122. The van der Waals surface area contributed by atoms with Crippen LogP contribution in [0.2, 0.25) is 5.02 Å². The highest BCUT2D eigenvalue weighted by molar-refractivity contribution is 7.92. The van der Waals surface area contributed by atoms with Gasteiger partial charge in [0, 0.05) is 10.7 Å². The molecule has 1 amide bonds. The molecule has 6 N–H and O–H groups in total. The average Bonchev–Trinajstić information content (AvgIpc) is 2.67. The molecule has 0 spiro atoms. The summed E-state index contributed by atoms with van der Waals surface area (Å²) in [6, 6.07) is 8.46. The van der Waals surface area contributed by atoms with Crippen LogP contribution in [-0.2, 0) is 26.2 Å². The van der Waals surface area contributed by atoms with Crippen LogP contribution in [0.5, 0.6) is 0 Å². The number of halogens is 1. The Bertz CT molecular complexity index is 1110. The molecule has 0 aliphatic heterocycles. The minimum Gasteiger partial charge on any atom is -0.391 e. The number of aryl methyl sites for hydroxylation is 1. The minimum atomic E-state index is -4.04. The first-order valence-corrected chi connectivity index (χ1v) is 10.4. The highest BCUT2D eigenvalue weighted by atomic mass is 35.5. The van der Waals surface area contributed by atoms with Crippen LogP contribution >= 0.6 is 11.6 Å². The lowest BCUT2D eigenvalue weighted by Gasteiger charge is -2.13. The number of hydrogen-bond acceptors (Lipinski definition) is 6. The largest absolute Gasteiger partial charge is 0.391 e. The van der Waals surface area contributed by atoms with Crippen LogP contribution < -0.4 is 27.1 Å². The van der Waals surface area contributed by atoms with E-state index in [-0.39, 0.29) is 48.7 Å². The zero-order chi connectivity index (χ0) is 22.3. The van der Waals surface area contributed by atoms with Crippen LogP contribution in [0.1, 0.15) is 13.1 Å². The van der Waals surface area contributed by atoms with Crippen LogP contribution in [0.4, 0.5) is 5.69 Å². The highest BCUT2D eigenvalue weighted by Gasteiger charge is 2.18. The number of oxime groups is 1. The molecule has 0 bridgehead atoms. The van der Waals surface area contributed by atoms with Crippen molar-refractivity contribution in [2.75, 3.05) is 17.9 Å². The van der Waals surface area contributed by atoms with Crippen molar-refractivity contribution in [2.24, 2.45) is 16.6 Å². The van der Waals surface area contributed by atoms with E-state index in [0.717, 1.165) is 4.57 Å². The first kappa shape index (κ1) is 25.8. The Morgan fingerprint density at radius 1 is 1.26 bits per heavy atom. The Hall–Kier alpha value is -3.25. The molecule has 11 nitrogen and oxygen atoms in total. The van der Waals surface area contributed by atoms with Crippen molar-refractivity contribution in [3.63, 3.8) is 0 Å². The van der Waals surface area contributed by atoms with E-state index in [9.17, 15) is 18.0 Å². The molecule has 1 aromatic carbocycles. The quantitative estimate of drug-likeness (QED) is 0.179. The molecule has 0 atom stereocenters. The van der Waals surface area contributed by atoms with Gasteiger partial charge in [0.05, 0.1) is 11.4 Å². The van der Waals surface area contributed by atoms with Crippen molar-refractivity contribution >= 4 is 39.2 Å². The van der Waals surface area contributed by atoms with E-state index < -0.39 is 21.5 Å². The van der Waals surface area contributed by atoms with E-state index in [0.29, 0.717) is 5.69 Å². The van der Waals surface area contributed by atoms with Crippen LogP contribution in [0.3, 0.4) is 0 Å². The fraction of sp³-hybridized carbons (Fsp3) is 0.278. The summed E-state index contributed by atoms with van der Waals surface area (Å²) in [4.78, 5) is 29.5. The van der Waals surface area contributed by atoms with E-state index >= 15 is 0 Å². The summed E-state index contributed by atoms with van der Waals surface area (Å²) in [7, 11) is -4.04. The van der Waals surface area contributed by atoms with Crippen LogP contribution in [0.25, 0.3) is 0 Å². The van der Waals surface area contributed by atoms with E-state index in [1.54, 1.807) is 6.92 Å². The normalized spacial score (nSPS) is 10.5. The van der Waals surface area contributed by atoms with E-state index in [4.69, 9.17) is 27.9 Å². The number of rotatable bonds is 9. The lowest BCUT2D eigenvalue weighted by atomic mass is 10.3. The molecule has 1 aromatic heterocycles. The molecule has 2 aromatic rings. The van der Waals surface area contributed by atoms with Crippen LogP contribution in [-0.4, -0.2) is 38.0 Å². The molecule has 0 unspecified atom stereocenters. The van der Waals surface area contributed by atoms with Gasteiger partial charge in [-0.2, -0.15) is 0 Å². The van der Waals surface area contributed by atoms with Crippen molar-refractivity contribution in [3.8, 4) is 0 Å². The average molecular weight is 473 g/mol. The molecule has 0 aliphatic rings. The van der Waals surface area contributed by atoms with Gasteiger partial charge in [-0.15, -0.1) is 0 Å². The number of nitrogens with two attached hydrogens (primary N) is 2. The molecule has 31 heavy (non-hydrogen) atoms. The van der Waals surface area contributed by atoms with Gasteiger partial charge in [-0.25, -0.2) is 8.42 Å². The number of aromatic nitrogens is 1. The Morgan fingerprint density at radius 3 is 2.61 bits per heavy atom. The third kappa shape index (κ3) is 7.50. The number of nitrogens with zero attached hydrogens (tertiary/aromatic N) is 2. The standard InChI is InChI=1S/C17H21ClN6O5S.CH4/c1-11-5-6-14(23-30(27,28)13-4-2-3-12(18)9-13)16(26)24(11)10-15(25)21-7-8-29-22-17(19)20;/h2-6,9,23H,7-8,10H2,1H3,(H,21,25)(H4,19,20,22);1H4. The Balaban J connectivity index is 0.00000480. The van der Waals surface area contributed by atoms with Crippen molar-refractivity contribution < 1.29 is 18.0 Å². The number of pyridine rings is 1. The zero-order valence-corrected chi connectivity index (χ0v) is 17.5. The van der Waals surface area contributed by atoms with Gasteiger partial charge in [0.15, 0.2) is 0 Å². The van der Waals surface area contributed by atoms with Crippen LogP contribution in [0.15, 0.2) is 51.2 Å². The highest BCUT2D eigenvalue weighted by Crippen LogP contribution is 2.18. The molecule has 0 fully saturated rings. The topological polar surface area (TPSA) is 171 Å². The molecule has 0 aliphatic carbocycles. The monoisotopic (exact) mass is 472 g/mol. The van der Waals surface area contributed by atoms with Crippen molar-refractivity contribution in [3.05, 3.63) is 57.5 Å². The first-order valence-electron chi connectivity index (χ1n) is 8.56. The van der Waals surface area contributed by atoms with Gasteiger partial charge in [0.25, 0.3) is 15.6 Å². The number of amides is 1. The summed E-state index contributed by atoms with van der Waals surface area (Å²) in [6.07, 6.45) is 0. The first-order chi connectivity index (χ1) is 14.1. The van der Waals surface area contributed by atoms with E-state index in [1.165, 1.54) is 36.4 Å². The van der Waals surface area contributed by atoms with Gasteiger partial charge in [-0.05, 0) is 42.4 Å². The van der Waals surface area contributed by atoms with Gasteiger partial charge in [-0.1, -0.05) is 25.1 Å². The number of carbonyl (C=O) groups excluding carboxylic acids is 1. The second kappa shape index (κ2) is 11.2. The van der Waals surface area contributed by atoms with E-state index in [2.05, 4.69) is 15.2 Å². The summed E-state index contributed by atoms with van der Waals surface area (Å²) in [5, 5.41) is 6.07. The molecular weight excluding hydrogens is 448 g/mol. The van der Waals surface area contributed by atoms with Gasteiger partial charge < -0.3 is 26.2 Å². The number of guanidine groups is 1. The predicted molar refractivity (Wildman–Crippen MR) is 119 cm³/mol. The van der Waals surface area contributed by atoms with Gasteiger partial charge in [0.2, 0.25) is 11.9 Å². The maximum Gasteiger partial charge on any atom is 0.275 e. The molecule has 0 radical (unpaired) electrons. The molecule has 2 rings (SSSR count). The number of hydrogen-bond donors (Lipinski definition) is 4. The molecule has 0 saturated heterocycles. The fourth-order valence-corrected chi connectivity index (χ4v) is 3.70. The maximum atomic E-state index is 12.7. The Labute approximate surface area is 185 Å². The van der Waals surface area contributed by atoms with Crippen LogP contribution in [0, 0.1) is 6.92 Å². The van der Waals surface area contributed by atoms with Gasteiger partial charge >= 0.3 is 0 Å². The van der Waals surface area contributed by atoms with Gasteiger partial charge in [-0.3, -0.25) is 14.3 Å². The predicted octanol–water partition coefficient (Wildman–Crippen LogP) is 0.568. The lowest BCUT2D eigenvalue weighted by Crippen LogP contribution is -2.36. The number of anilines is 1. The summed E-state index contributed by atoms with van der Waals surface area (Å²) < 4.78 is 28.4. The summed E-state index contributed by atoms with van der Waals surface area (Å²) in [5.41, 5.74) is 9.78. The third-order valence-corrected chi connectivity index (χ3v) is 5.33. The second-order valence-electron chi connectivity index (χ2n) is 6.04. The van der Waals surface area contributed by atoms with Crippen molar-refractivity contribution in [1.29, 1.82) is 0 Å². The summed E-state index contributed by atoms with van der Waals surface area (Å²) in [5.74, 6) is -0.733. The SMILES string of the molecule is C.Cc1ccc(NS(=O)(=O)c2cccc(Cl)c2)c(=O)n1CC(=O)NCCON=C(N)N. The minimum absolute atomic E-state index is 0. The zero-order valence-electron chi connectivity index (χ0n) is 16.0. The Kier molecular flexibility index (Phi) is 9.34. The smallest absolute Gasteiger partial charge is 0.275 e. The number of sulfonamides is 1. The molecular formula is C18H25ClN6O5S. The molecule has 170 valence electrons. The third-order valence-electron chi connectivity index (χ3n) is 3.73. The summed E-state index contributed by atoms with van der Waals surface area (Å²) >= 11 is 5.83. The molecule has 13 heteroatoms. The molecule has 0 saturated carbocycles. The maximum absolute atomic E-state index is 12.7. The Morgan fingerprint density at radius 2 is 1.97 bits per heavy atom. The van der Waals surface area contributed by atoms with E-state index in [1.807, 2.05) is 0 Å². The number of nitrogens with one attached hydrogen (secondary N) is 2. The number of carbonyl (C=O) groups is 1. The van der Waals surface area contributed by atoms with Crippen molar-refractivity contribution in [1.82, 2.24) is 9.88 Å². The number of benzene rings is 1. The molecule has 1 heterocycles. The fourth-order valence-electron chi connectivity index (χ4n) is 2.34. The second-order valence-corrected chi connectivity index (χ2v) is 8.16. The van der Waals surface area contributed by atoms with Crippen molar-refractivity contribution in [2.45, 2.75) is 25.8 Å². The van der Waals surface area contributed by atoms with Gasteiger partial charge in [0.1, 0.15) is 18.8 Å². The summed E-state index contributed by atoms with van der Waals surface area (Å²) in [6.45, 7) is 1.42.